The van der Waals surface area contributed by atoms with E-state index in [2.05, 4.69) is 34.6 Å². The van der Waals surface area contributed by atoms with Crippen molar-refractivity contribution in [1.29, 1.82) is 0 Å². The zero-order valence-electron chi connectivity index (χ0n) is 24.1. The highest BCUT2D eigenvalue weighted by atomic mass is 16.7. The molecule has 0 bridgehead atoms. The van der Waals surface area contributed by atoms with Crippen LogP contribution in [0.2, 0.25) is 0 Å². The van der Waals surface area contributed by atoms with Crippen LogP contribution in [0.15, 0.2) is 12.2 Å². The van der Waals surface area contributed by atoms with Gasteiger partial charge in [0.2, 0.25) is 0 Å². The van der Waals surface area contributed by atoms with E-state index in [-0.39, 0.29) is 24.3 Å². The van der Waals surface area contributed by atoms with Gasteiger partial charge in [0, 0.05) is 0 Å². The van der Waals surface area contributed by atoms with Gasteiger partial charge >= 0.3 is 0 Å². The van der Waals surface area contributed by atoms with Crippen molar-refractivity contribution in [3.05, 3.63) is 12.2 Å². The van der Waals surface area contributed by atoms with E-state index in [0.717, 1.165) is 47.8 Å². The van der Waals surface area contributed by atoms with Crippen molar-refractivity contribution in [2.45, 2.75) is 137 Å². The Balaban J connectivity index is 1.21. The van der Waals surface area contributed by atoms with Crippen LogP contribution in [0.4, 0.5) is 0 Å². The zero-order chi connectivity index (χ0) is 25.7. The van der Waals surface area contributed by atoms with Gasteiger partial charge < -0.3 is 9.47 Å². The molecule has 0 amide bonds. The van der Waals surface area contributed by atoms with Crippen LogP contribution in [0, 0.1) is 52.3 Å². The molecule has 11 atom stereocenters. The van der Waals surface area contributed by atoms with Gasteiger partial charge in [0.15, 0.2) is 12.1 Å². The fourth-order valence-corrected chi connectivity index (χ4v) is 10.3. The first-order valence-corrected chi connectivity index (χ1v) is 15.6. The third-order valence-electron chi connectivity index (χ3n) is 12.3. The van der Waals surface area contributed by atoms with E-state index in [9.17, 15) is 4.79 Å². The Bertz CT molecular complexity index is 818. The van der Waals surface area contributed by atoms with Gasteiger partial charge in [0.05, 0.1) is 6.10 Å². The molecule has 3 heteroatoms. The molecule has 4 fully saturated rings. The molecule has 1 unspecified atom stereocenters. The number of ether oxygens (including phenoxy) is 2. The van der Waals surface area contributed by atoms with Crippen molar-refractivity contribution in [3.63, 3.8) is 0 Å². The van der Waals surface area contributed by atoms with Crippen molar-refractivity contribution in [2.75, 3.05) is 0 Å². The van der Waals surface area contributed by atoms with E-state index in [0.29, 0.717) is 10.8 Å². The highest BCUT2D eigenvalue weighted by Gasteiger charge is 2.60. The molecule has 0 radical (unpaired) electrons. The minimum Gasteiger partial charge on any atom is -0.346 e. The Hall–Kier alpha value is -0.670. The lowest BCUT2D eigenvalue weighted by molar-refractivity contribution is -0.197. The predicted molar refractivity (Wildman–Crippen MR) is 146 cm³/mol. The summed E-state index contributed by atoms with van der Waals surface area (Å²) < 4.78 is 12.2. The third kappa shape index (κ3) is 4.90. The normalized spacial score (nSPS) is 47.4. The largest absolute Gasteiger partial charge is 0.346 e. The average Bonchev–Trinajstić information content (AvgIpc) is 3.19. The number of carbonyl (C=O) groups excluding carboxylic acids is 1. The molecular formula is C33H54O3. The van der Waals surface area contributed by atoms with Crippen LogP contribution in [0.5, 0.6) is 0 Å². The van der Waals surface area contributed by atoms with Crippen molar-refractivity contribution >= 4 is 5.78 Å². The molecule has 0 saturated heterocycles. The van der Waals surface area contributed by atoms with Crippen molar-refractivity contribution in [3.8, 4) is 0 Å². The van der Waals surface area contributed by atoms with Gasteiger partial charge in [-0.05, 0) is 129 Å². The highest BCUT2D eigenvalue weighted by Crippen LogP contribution is 2.68. The number of hydrogen-bond acceptors (Lipinski definition) is 3. The summed E-state index contributed by atoms with van der Waals surface area (Å²) in [4.78, 5) is 11.8. The van der Waals surface area contributed by atoms with Crippen LogP contribution in [-0.2, 0) is 14.3 Å². The summed E-state index contributed by atoms with van der Waals surface area (Å²) in [6.45, 7) is 14.5. The van der Waals surface area contributed by atoms with E-state index in [1.165, 1.54) is 70.6 Å². The molecule has 36 heavy (non-hydrogen) atoms. The second kappa shape index (κ2) is 10.5. The standard InChI is InChI=1S/C33H54O3/c1-21(2)8-7-9-22(3)27-12-13-28-26-11-10-24-20-25(36-31-15-14-30(34)23(4)35-31)16-18-32(24,5)29(26)17-19-33(27,28)6/h14-15,21-29,31H,7-13,16-20H2,1-6H3/t22-,23+,24+,25+,26+,27-,28+,29+,31?,32+,33-/m1/s1. The Labute approximate surface area is 221 Å². The molecule has 1 heterocycles. The lowest BCUT2D eigenvalue weighted by Crippen LogP contribution is -2.54. The summed E-state index contributed by atoms with van der Waals surface area (Å²) in [6, 6.07) is 0. The van der Waals surface area contributed by atoms with Crippen LogP contribution in [0.1, 0.15) is 119 Å². The smallest absolute Gasteiger partial charge is 0.184 e. The van der Waals surface area contributed by atoms with E-state index >= 15 is 0 Å². The van der Waals surface area contributed by atoms with Crippen LogP contribution < -0.4 is 0 Å². The molecule has 5 aliphatic rings. The van der Waals surface area contributed by atoms with Gasteiger partial charge in [-0.3, -0.25) is 4.79 Å². The summed E-state index contributed by atoms with van der Waals surface area (Å²) in [5, 5.41) is 0. The van der Waals surface area contributed by atoms with Gasteiger partial charge in [-0.2, -0.15) is 0 Å². The minimum absolute atomic E-state index is 0.0489. The maximum atomic E-state index is 11.8. The SMILES string of the molecule is CC(C)CCC[C@@H](C)[C@H]1CC[C@H]2[C@@H]3CC[C@H]4C[C@@H](OC5C=CC(=O)[C@H](C)O5)CC[C@]4(C)[C@H]3CC[C@]12C. The molecule has 0 spiro atoms. The molecule has 204 valence electrons. The van der Waals surface area contributed by atoms with Gasteiger partial charge in [0.25, 0.3) is 0 Å². The lowest BCUT2D eigenvalue weighted by Gasteiger charge is -2.61. The third-order valence-corrected chi connectivity index (χ3v) is 12.3. The molecule has 0 aromatic carbocycles. The van der Waals surface area contributed by atoms with E-state index in [4.69, 9.17) is 9.47 Å². The van der Waals surface area contributed by atoms with Crippen molar-refractivity contribution < 1.29 is 14.3 Å². The summed E-state index contributed by atoms with van der Waals surface area (Å²) in [7, 11) is 0. The molecule has 4 aliphatic carbocycles. The first kappa shape index (κ1) is 26.9. The molecule has 0 aromatic rings. The van der Waals surface area contributed by atoms with E-state index in [1.54, 1.807) is 6.08 Å². The number of rotatable bonds is 7. The Morgan fingerprint density at radius 1 is 0.972 bits per heavy atom. The van der Waals surface area contributed by atoms with Gasteiger partial charge in [-0.1, -0.05) is 53.9 Å². The number of hydrogen-bond donors (Lipinski definition) is 0. The molecule has 1 aliphatic heterocycles. The molecule has 0 N–H and O–H groups in total. The Kier molecular flexibility index (Phi) is 7.83. The van der Waals surface area contributed by atoms with Crippen LogP contribution in [0.3, 0.4) is 0 Å². The fraction of sp³-hybridized carbons (Fsp3) is 0.909. The maximum Gasteiger partial charge on any atom is 0.184 e. The summed E-state index contributed by atoms with van der Waals surface area (Å²) in [6.07, 6.45) is 19.6. The lowest BCUT2D eigenvalue weighted by atomic mass is 9.44. The predicted octanol–water partition coefficient (Wildman–Crippen LogP) is 8.36. The number of carbonyl (C=O) groups is 1. The van der Waals surface area contributed by atoms with Crippen LogP contribution in [-0.4, -0.2) is 24.3 Å². The molecular weight excluding hydrogens is 444 g/mol. The monoisotopic (exact) mass is 498 g/mol. The Morgan fingerprint density at radius 2 is 1.72 bits per heavy atom. The second-order valence-corrected chi connectivity index (χ2v) is 14.6. The first-order chi connectivity index (χ1) is 17.1. The molecule has 5 rings (SSSR count). The molecule has 3 nitrogen and oxygen atoms in total. The van der Waals surface area contributed by atoms with Gasteiger partial charge in [-0.25, -0.2) is 0 Å². The Morgan fingerprint density at radius 3 is 2.47 bits per heavy atom. The zero-order valence-corrected chi connectivity index (χ0v) is 24.1. The van der Waals surface area contributed by atoms with Crippen molar-refractivity contribution in [1.82, 2.24) is 0 Å². The summed E-state index contributed by atoms with van der Waals surface area (Å²) in [5.74, 6) is 6.33. The first-order valence-electron chi connectivity index (χ1n) is 15.6. The summed E-state index contributed by atoms with van der Waals surface area (Å²) in [5.41, 5.74) is 1.07. The average molecular weight is 499 g/mol. The van der Waals surface area contributed by atoms with Gasteiger partial charge in [0.1, 0.15) is 6.10 Å². The fourth-order valence-electron chi connectivity index (χ4n) is 10.3. The van der Waals surface area contributed by atoms with E-state index < -0.39 is 0 Å². The summed E-state index contributed by atoms with van der Waals surface area (Å²) >= 11 is 0. The number of fused-ring (bicyclic) bond motifs is 5. The quantitative estimate of drug-likeness (QED) is 0.354. The highest BCUT2D eigenvalue weighted by molar-refractivity contribution is 5.93. The van der Waals surface area contributed by atoms with Crippen LogP contribution >= 0.6 is 0 Å². The minimum atomic E-state index is -0.381. The molecule has 4 saturated carbocycles. The van der Waals surface area contributed by atoms with E-state index in [1.807, 2.05) is 13.0 Å². The molecule has 0 aromatic heterocycles. The van der Waals surface area contributed by atoms with Crippen molar-refractivity contribution in [2.24, 2.45) is 52.3 Å². The second-order valence-electron chi connectivity index (χ2n) is 14.6. The van der Waals surface area contributed by atoms with Crippen LogP contribution in [0.25, 0.3) is 0 Å². The van der Waals surface area contributed by atoms with Gasteiger partial charge in [-0.15, -0.1) is 0 Å². The maximum absolute atomic E-state index is 11.8. The topological polar surface area (TPSA) is 35.5 Å². The number of ketones is 1.